The first-order valence-electron chi connectivity index (χ1n) is 12.7. The third-order valence-electron chi connectivity index (χ3n) is 7.25. The highest BCUT2D eigenvalue weighted by Gasteiger charge is 2.31. The monoisotopic (exact) mass is 536 g/mol. The second-order valence-corrected chi connectivity index (χ2v) is 10.1. The Hall–Kier alpha value is -3.31. The summed E-state index contributed by atoms with van der Waals surface area (Å²) in [6, 6.07) is 12.8. The van der Waals surface area contributed by atoms with Crippen molar-refractivity contribution in [3.63, 3.8) is 0 Å². The number of likely N-dealkylation sites (tertiary alicyclic amines) is 1. The summed E-state index contributed by atoms with van der Waals surface area (Å²) < 4.78 is 10.7. The largest absolute Gasteiger partial charge is 0.497 e. The maximum atomic E-state index is 11.6. The fraction of sp³-hybridized carbons (Fsp3) is 0.400. The molecule has 3 aromatic rings. The minimum atomic E-state index is -0.802. The molecule has 7 nitrogen and oxygen atoms in total. The van der Waals surface area contributed by atoms with E-state index in [1.165, 1.54) is 0 Å². The van der Waals surface area contributed by atoms with Gasteiger partial charge in [0.15, 0.2) is 0 Å². The van der Waals surface area contributed by atoms with E-state index < -0.39 is 12.1 Å². The Kier molecular flexibility index (Phi) is 9.46. The average molecular weight is 537 g/mol. The molecule has 38 heavy (non-hydrogen) atoms. The van der Waals surface area contributed by atoms with Gasteiger partial charge in [-0.3, -0.25) is 14.7 Å². The second-order valence-electron chi connectivity index (χ2n) is 9.66. The van der Waals surface area contributed by atoms with E-state index in [4.69, 9.17) is 21.1 Å². The van der Waals surface area contributed by atoms with E-state index in [1.54, 1.807) is 38.6 Å². The Morgan fingerprint density at radius 1 is 1.18 bits per heavy atom. The van der Waals surface area contributed by atoms with Gasteiger partial charge in [-0.05, 0) is 85.7 Å². The minimum absolute atomic E-state index is 0.00904. The maximum Gasteiger partial charge on any atom is 0.303 e. The van der Waals surface area contributed by atoms with Crippen molar-refractivity contribution >= 4 is 28.5 Å². The summed E-state index contributed by atoms with van der Waals surface area (Å²) in [6.07, 6.45) is 3.28. The van der Waals surface area contributed by atoms with Gasteiger partial charge in [-0.1, -0.05) is 23.4 Å². The number of nitrogens with zero attached hydrogens (tertiary/aromatic N) is 2. The first kappa shape index (κ1) is 27.7. The zero-order chi connectivity index (χ0) is 27.1. The van der Waals surface area contributed by atoms with E-state index in [-0.39, 0.29) is 18.3 Å². The molecule has 3 atom stereocenters. The molecular weight excluding hydrogens is 504 g/mol. The summed E-state index contributed by atoms with van der Waals surface area (Å²) in [5.74, 6) is 7.11. The van der Waals surface area contributed by atoms with Gasteiger partial charge in [0.1, 0.15) is 11.5 Å². The zero-order valence-corrected chi connectivity index (χ0v) is 22.4. The third-order valence-corrected chi connectivity index (χ3v) is 7.49. The van der Waals surface area contributed by atoms with Crippen LogP contribution < -0.4 is 9.47 Å². The number of aliphatic hydroxyl groups is 1. The topological polar surface area (TPSA) is 92.1 Å². The van der Waals surface area contributed by atoms with E-state index in [2.05, 4.69) is 21.7 Å². The predicted molar refractivity (Wildman–Crippen MR) is 148 cm³/mol. The number of hydrogen-bond donors (Lipinski definition) is 2. The number of aliphatic carboxylic acids is 1. The van der Waals surface area contributed by atoms with Gasteiger partial charge in [0.25, 0.3) is 0 Å². The standard InChI is InChI=1S/C30H33ClN2O5/c1-37-24-7-8-27-26(18-24)25(11-13-32-27)28(34)9-5-20-12-15-33(19-22(20)17-30(35)36)14-3-4-21-16-23(31)6-10-29(21)38-2/h6-8,10-11,13,16,18,20,22,28,34H,5,9,12,14-15,17,19H2,1-2H3,(H,35,36)/t20-,22+,28-/m1/s1. The van der Waals surface area contributed by atoms with Crippen LogP contribution in [-0.2, 0) is 4.79 Å². The van der Waals surface area contributed by atoms with Crippen LogP contribution in [0.3, 0.4) is 0 Å². The number of ether oxygens (including phenoxy) is 2. The van der Waals surface area contributed by atoms with Gasteiger partial charge in [0.05, 0.1) is 37.9 Å². The molecule has 0 spiro atoms. The zero-order valence-electron chi connectivity index (χ0n) is 21.7. The molecule has 0 aliphatic carbocycles. The van der Waals surface area contributed by atoms with E-state index in [0.717, 1.165) is 41.4 Å². The highest BCUT2D eigenvalue weighted by molar-refractivity contribution is 6.30. The Balaban J connectivity index is 1.40. The summed E-state index contributed by atoms with van der Waals surface area (Å²) in [6.45, 7) is 2.02. The molecule has 0 bridgehead atoms. The van der Waals surface area contributed by atoms with Gasteiger partial charge < -0.3 is 19.7 Å². The number of aromatic nitrogens is 1. The molecule has 1 saturated heterocycles. The van der Waals surface area contributed by atoms with Crippen LogP contribution in [0.2, 0.25) is 5.02 Å². The molecule has 200 valence electrons. The summed E-state index contributed by atoms with van der Waals surface area (Å²) in [4.78, 5) is 18.2. The van der Waals surface area contributed by atoms with Gasteiger partial charge >= 0.3 is 5.97 Å². The van der Waals surface area contributed by atoms with Crippen molar-refractivity contribution in [2.45, 2.75) is 31.8 Å². The van der Waals surface area contributed by atoms with Crippen molar-refractivity contribution in [3.8, 4) is 23.3 Å². The van der Waals surface area contributed by atoms with Crippen LogP contribution in [0.1, 0.15) is 42.9 Å². The van der Waals surface area contributed by atoms with Crippen molar-refractivity contribution in [1.29, 1.82) is 0 Å². The molecule has 1 fully saturated rings. The molecule has 1 aromatic heterocycles. The van der Waals surface area contributed by atoms with Gasteiger partial charge in [-0.25, -0.2) is 0 Å². The molecule has 0 amide bonds. The molecule has 2 aromatic carbocycles. The number of methoxy groups -OCH3 is 2. The minimum Gasteiger partial charge on any atom is -0.497 e. The fourth-order valence-electron chi connectivity index (χ4n) is 5.25. The highest BCUT2D eigenvalue weighted by Crippen LogP contribution is 2.34. The lowest BCUT2D eigenvalue weighted by molar-refractivity contribution is -0.139. The number of benzene rings is 2. The molecule has 0 saturated carbocycles. The molecule has 8 heteroatoms. The maximum absolute atomic E-state index is 11.6. The van der Waals surface area contributed by atoms with E-state index in [0.29, 0.717) is 36.0 Å². The Labute approximate surface area is 228 Å². The van der Waals surface area contributed by atoms with Crippen LogP contribution in [0.25, 0.3) is 10.9 Å². The number of halogens is 1. The van der Waals surface area contributed by atoms with E-state index >= 15 is 0 Å². The number of piperidine rings is 1. The Morgan fingerprint density at radius 3 is 2.79 bits per heavy atom. The van der Waals surface area contributed by atoms with Gasteiger partial charge in [0, 0.05) is 29.6 Å². The van der Waals surface area contributed by atoms with Gasteiger partial charge in [0.2, 0.25) is 0 Å². The molecule has 1 aliphatic rings. The number of fused-ring (bicyclic) bond motifs is 1. The number of carbonyl (C=O) groups is 1. The van der Waals surface area contributed by atoms with Crippen LogP contribution >= 0.6 is 11.6 Å². The van der Waals surface area contributed by atoms with Crippen molar-refractivity contribution in [2.24, 2.45) is 11.8 Å². The molecule has 2 N–H and O–H groups in total. The Bertz CT molecular complexity index is 1340. The van der Waals surface area contributed by atoms with Crippen molar-refractivity contribution in [3.05, 3.63) is 64.8 Å². The van der Waals surface area contributed by atoms with Crippen LogP contribution in [-0.4, -0.2) is 59.9 Å². The summed E-state index contributed by atoms with van der Waals surface area (Å²) in [7, 11) is 3.21. The van der Waals surface area contributed by atoms with Gasteiger partial charge in [-0.2, -0.15) is 0 Å². The molecule has 1 aliphatic heterocycles. The molecule has 2 heterocycles. The molecule has 0 unspecified atom stereocenters. The van der Waals surface area contributed by atoms with E-state index in [1.807, 2.05) is 24.3 Å². The van der Waals surface area contributed by atoms with E-state index in [9.17, 15) is 15.0 Å². The lowest BCUT2D eigenvalue weighted by Crippen LogP contribution is -2.41. The summed E-state index contributed by atoms with van der Waals surface area (Å²) in [5, 5.41) is 22.1. The number of pyridine rings is 1. The smallest absolute Gasteiger partial charge is 0.303 e. The van der Waals surface area contributed by atoms with Crippen LogP contribution in [0, 0.1) is 23.7 Å². The lowest BCUT2D eigenvalue weighted by atomic mass is 9.79. The normalized spacial score (nSPS) is 18.4. The number of rotatable bonds is 9. The molecule has 0 radical (unpaired) electrons. The van der Waals surface area contributed by atoms with Crippen molar-refractivity contribution < 1.29 is 24.5 Å². The third kappa shape index (κ3) is 6.96. The highest BCUT2D eigenvalue weighted by atomic mass is 35.5. The predicted octanol–water partition coefficient (Wildman–Crippen LogP) is 5.18. The SMILES string of the molecule is COc1ccc2nccc([C@H](O)CC[C@@H]3CCN(CC#Cc4cc(Cl)ccc4OC)C[C@@H]3CC(=O)O)c2c1. The van der Waals surface area contributed by atoms with Crippen LogP contribution in [0.5, 0.6) is 11.5 Å². The van der Waals surface area contributed by atoms with Crippen LogP contribution in [0.15, 0.2) is 48.7 Å². The number of aliphatic hydroxyl groups excluding tert-OH is 1. The Morgan fingerprint density at radius 2 is 2.03 bits per heavy atom. The number of carboxylic acid groups (broad SMARTS) is 1. The molecular formula is C30H33ClN2O5. The number of carboxylic acids is 1. The van der Waals surface area contributed by atoms with Crippen molar-refractivity contribution in [1.82, 2.24) is 9.88 Å². The second kappa shape index (κ2) is 13.0. The summed E-state index contributed by atoms with van der Waals surface area (Å²) >= 11 is 6.10. The fourth-order valence-corrected chi connectivity index (χ4v) is 5.42. The van der Waals surface area contributed by atoms with Crippen LogP contribution in [0.4, 0.5) is 0 Å². The number of hydrogen-bond acceptors (Lipinski definition) is 6. The summed E-state index contributed by atoms with van der Waals surface area (Å²) in [5.41, 5.74) is 2.34. The first-order chi connectivity index (χ1) is 18.4. The van der Waals surface area contributed by atoms with Crippen molar-refractivity contribution in [2.75, 3.05) is 33.9 Å². The van der Waals surface area contributed by atoms with Gasteiger partial charge in [-0.15, -0.1) is 0 Å². The lowest BCUT2D eigenvalue weighted by Gasteiger charge is -2.37. The quantitative estimate of drug-likeness (QED) is 0.364. The first-order valence-corrected chi connectivity index (χ1v) is 13.1. The average Bonchev–Trinajstić information content (AvgIpc) is 2.91. The molecule has 4 rings (SSSR count).